The first-order valence-electron chi connectivity index (χ1n) is 4.99. The minimum atomic E-state index is 0.599. The zero-order valence-electron chi connectivity index (χ0n) is 8.64. The van der Waals surface area contributed by atoms with Crippen molar-refractivity contribution >= 4 is 15.9 Å². The molecule has 82 valence electrons. The highest BCUT2D eigenvalue weighted by Gasteiger charge is 2.00. The molecule has 3 nitrogen and oxygen atoms in total. The van der Waals surface area contributed by atoms with E-state index in [0.717, 1.165) is 22.5 Å². The monoisotopic (exact) mass is 278 g/mol. The molecular weight excluding hydrogens is 268 g/mol. The van der Waals surface area contributed by atoms with Gasteiger partial charge in [0.1, 0.15) is 4.60 Å². The van der Waals surface area contributed by atoms with E-state index in [9.17, 15) is 0 Å². The van der Waals surface area contributed by atoms with Gasteiger partial charge in [-0.25, -0.2) is 4.98 Å². The topological polar surface area (TPSA) is 35.0 Å². The Labute approximate surface area is 103 Å². The zero-order chi connectivity index (χ0) is 11.2. The number of ether oxygens (including phenoxy) is 1. The molecule has 4 heteroatoms. The van der Waals surface area contributed by atoms with Crippen molar-refractivity contribution in [2.75, 3.05) is 6.61 Å². The molecule has 0 atom stereocenters. The lowest BCUT2D eigenvalue weighted by atomic mass is 10.3. The third kappa shape index (κ3) is 3.03. The molecule has 0 aliphatic heterocycles. The molecule has 0 spiro atoms. The van der Waals surface area contributed by atoms with Gasteiger partial charge in [0, 0.05) is 24.5 Å². The fourth-order valence-corrected chi connectivity index (χ4v) is 1.66. The fourth-order valence-electron chi connectivity index (χ4n) is 1.29. The molecule has 0 unspecified atom stereocenters. The van der Waals surface area contributed by atoms with Gasteiger partial charge in [-0.05, 0) is 40.2 Å². The van der Waals surface area contributed by atoms with Crippen LogP contribution in [0.5, 0.6) is 5.75 Å². The summed E-state index contributed by atoms with van der Waals surface area (Å²) >= 11 is 3.33. The minimum Gasteiger partial charge on any atom is -0.490 e. The molecule has 0 N–H and O–H groups in total. The normalized spacial score (nSPS) is 10.1. The Kier molecular flexibility index (Phi) is 3.88. The largest absolute Gasteiger partial charge is 0.490 e. The van der Waals surface area contributed by atoms with Crippen molar-refractivity contribution in [3.63, 3.8) is 0 Å². The van der Waals surface area contributed by atoms with Crippen LogP contribution >= 0.6 is 15.9 Å². The van der Waals surface area contributed by atoms with Crippen LogP contribution in [0.4, 0.5) is 0 Å². The molecule has 0 aromatic carbocycles. The molecule has 2 heterocycles. The van der Waals surface area contributed by atoms with Gasteiger partial charge in [0.2, 0.25) is 0 Å². The van der Waals surface area contributed by atoms with Gasteiger partial charge in [-0.3, -0.25) is 4.98 Å². The second-order valence-corrected chi connectivity index (χ2v) is 3.96. The van der Waals surface area contributed by atoms with Gasteiger partial charge < -0.3 is 4.74 Å². The summed E-state index contributed by atoms with van der Waals surface area (Å²) in [5.74, 6) is 0.762. The van der Waals surface area contributed by atoms with Crippen molar-refractivity contribution in [3.05, 3.63) is 53.0 Å². The van der Waals surface area contributed by atoms with Crippen molar-refractivity contribution in [3.8, 4) is 5.75 Å². The first-order chi connectivity index (χ1) is 7.86. The quantitative estimate of drug-likeness (QED) is 0.807. The molecule has 0 aliphatic carbocycles. The van der Waals surface area contributed by atoms with Gasteiger partial charge in [0.25, 0.3) is 0 Å². The maximum atomic E-state index is 5.59. The molecule has 0 bridgehead atoms. The van der Waals surface area contributed by atoms with Gasteiger partial charge in [0.15, 0.2) is 5.75 Å². The number of aromatic nitrogens is 2. The number of nitrogens with zero attached hydrogens (tertiary/aromatic N) is 2. The number of hydrogen-bond donors (Lipinski definition) is 0. The van der Waals surface area contributed by atoms with Crippen molar-refractivity contribution in [1.82, 2.24) is 9.97 Å². The first kappa shape index (κ1) is 11.1. The second kappa shape index (κ2) is 5.61. The molecule has 0 aliphatic rings. The van der Waals surface area contributed by atoms with E-state index in [-0.39, 0.29) is 0 Å². The van der Waals surface area contributed by atoms with Crippen LogP contribution in [-0.4, -0.2) is 16.6 Å². The Balaban J connectivity index is 1.87. The zero-order valence-corrected chi connectivity index (χ0v) is 10.2. The molecule has 2 aromatic heterocycles. The molecule has 16 heavy (non-hydrogen) atoms. The summed E-state index contributed by atoms with van der Waals surface area (Å²) in [5.41, 5.74) is 1.03. The van der Waals surface area contributed by atoms with Crippen molar-refractivity contribution < 1.29 is 4.74 Å². The van der Waals surface area contributed by atoms with Crippen molar-refractivity contribution in [1.29, 1.82) is 0 Å². The van der Waals surface area contributed by atoms with E-state index in [1.54, 1.807) is 12.4 Å². The summed E-state index contributed by atoms with van der Waals surface area (Å²) in [5, 5.41) is 0. The molecule has 2 aromatic rings. The van der Waals surface area contributed by atoms with Gasteiger partial charge >= 0.3 is 0 Å². The molecule has 0 amide bonds. The van der Waals surface area contributed by atoms with E-state index in [0.29, 0.717) is 6.61 Å². The number of hydrogen-bond acceptors (Lipinski definition) is 3. The highest BCUT2D eigenvalue weighted by atomic mass is 79.9. The summed E-state index contributed by atoms with van der Waals surface area (Å²) in [6.07, 6.45) is 4.30. The van der Waals surface area contributed by atoms with Gasteiger partial charge in [-0.15, -0.1) is 0 Å². The molecule has 2 rings (SSSR count). The van der Waals surface area contributed by atoms with Crippen LogP contribution in [0, 0.1) is 0 Å². The molecule has 0 radical (unpaired) electrons. The minimum absolute atomic E-state index is 0.599. The Morgan fingerprint density at radius 1 is 1.06 bits per heavy atom. The SMILES string of the molecule is Brc1ncccc1OCCc1ccccn1. The third-order valence-corrected chi connectivity index (χ3v) is 2.66. The standard InChI is InChI=1S/C12H11BrN2O/c13-12-11(5-3-8-15-12)16-9-6-10-4-1-2-7-14-10/h1-5,7-8H,6,9H2. The second-order valence-electron chi connectivity index (χ2n) is 3.21. The smallest absolute Gasteiger partial charge is 0.152 e. The van der Waals surface area contributed by atoms with E-state index in [1.165, 1.54) is 0 Å². The van der Waals surface area contributed by atoms with Crippen LogP contribution in [-0.2, 0) is 6.42 Å². The summed E-state index contributed by atoms with van der Waals surface area (Å²) in [4.78, 5) is 8.31. The predicted octanol–water partition coefficient (Wildman–Crippen LogP) is 2.86. The van der Waals surface area contributed by atoms with Crippen LogP contribution in [0.2, 0.25) is 0 Å². The lowest BCUT2D eigenvalue weighted by Crippen LogP contribution is -2.03. The highest BCUT2D eigenvalue weighted by Crippen LogP contribution is 2.20. The van der Waals surface area contributed by atoms with Gasteiger partial charge in [-0.2, -0.15) is 0 Å². The number of rotatable bonds is 4. The van der Waals surface area contributed by atoms with E-state index in [4.69, 9.17) is 4.74 Å². The third-order valence-electron chi connectivity index (χ3n) is 2.07. The van der Waals surface area contributed by atoms with Crippen LogP contribution in [0.15, 0.2) is 47.3 Å². The van der Waals surface area contributed by atoms with Crippen LogP contribution in [0.25, 0.3) is 0 Å². The fraction of sp³-hybridized carbons (Fsp3) is 0.167. The van der Waals surface area contributed by atoms with E-state index in [2.05, 4.69) is 25.9 Å². The molecule has 0 saturated carbocycles. The summed E-state index contributed by atoms with van der Waals surface area (Å²) in [7, 11) is 0. The Morgan fingerprint density at radius 3 is 2.69 bits per heavy atom. The van der Waals surface area contributed by atoms with E-state index < -0.39 is 0 Å². The number of halogens is 1. The van der Waals surface area contributed by atoms with Gasteiger partial charge in [-0.1, -0.05) is 6.07 Å². The first-order valence-corrected chi connectivity index (χ1v) is 5.79. The molecule has 0 saturated heterocycles. The Bertz CT molecular complexity index is 448. The highest BCUT2D eigenvalue weighted by molar-refractivity contribution is 9.10. The summed E-state index contributed by atoms with van der Waals surface area (Å²) < 4.78 is 6.32. The van der Waals surface area contributed by atoms with Crippen LogP contribution < -0.4 is 4.74 Å². The number of pyridine rings is 2. The van der Waals surface area contributed by atoms with Crippen molar-refractivity contribution in [2.45, 2.75) is 6.42 Å². The lowest BCUT2D eigenvalue weighted by Gasteiger charge is -2.06. The molecular formula is C12H11BrN2O. The van der Waals surface area contributed by atoms with Crippen LogP contribution in [0.1, 0.15) is 5.69 Å². The van der Waals surface area contributed by atoms with Crippen molar-refractivity contribution in [2.24, 2.45) is 0 Å². The molecule has 0 fully saturated rings. The van der Waals surface area contributed by atoms with Crippen LogP contribution in [0.3, 0.4) is 0 Å². The van der Waals surface area contributed by atoms with E-state index in [1.807, 2.05) is 30.3 Å². The Morgan fingerprint density at radius 2 is 1.94 bits per heavy atom. The maximum Gasteiger partial charge on any atom is 0.152 e. The summed E-state index contributed by atoms with van der Waals surface area (Å²) in [6, 6.07) is 9.60. The lowest BCUT2D eigenvalue weighted by molar-refractivity contribution is 0.317. The summed E-state index contributed by atoms with van der Waals surface area (Å²) in [6.45, 7) is 0.599. The predicted molar refractivity (Wildman–Crippen MR) is 65.4 cm³/mol. The van der Waals surface area contributed by atoms with E-state index >= 15 is 0 Å². The Hall–Kier alpha value is -1.42. The van der Waals surface area contributed by atoms with Gasteiger partial charge in [0.05, 0.1) is 6.61 Å². The average Bonchev–Trinajstić information content (AvgIpc) is 2.33. The maximum absolute atomic E-state index is 5.59. The average molecular weight is 279 g/mol.